The van der Waals surface area contributed by atoms with Gasteiger partial charge in [-0.05, 0) is 36.8 Å². The molecule has 27 heavy (non-hydrogen) atoms. The highest BCUT2D eigenvalue weighted by Gasteiger charge is 2.17. The van der Waals surface area contributed by atoms with Gasteiger partial charge in [-0.25, -0.2) is 18.0 Å². The number of hydrogen-bond donors (Lipinski definition) is 2. The minimum atomic E-state index is -3.58. The maximum atomic E-state index is 12.3. The van der Waals surface area contributed by atoms with Crippen molar-refractivity contribution in [3.05, 3.63) is 53.1 Å². The molecule has 0 aliphatic carbocycles. The molecule has 0 spiro atoms. The number of esters is 1. The molecule has 0 fully saturated rings. The van der Waals surface area contributed by atoms with E-state index in [1.165, 1.54) is 24.3 Å². The molecule has 0 radical (unpaired) electrons. The predicted molar refractivity (Wildman–Crippen MR) is 103 cm³/mol. The normalized spacial score (nSPS) is 10.9. The van der Waals surface area contributed by atoms with Crippen LogP contribution in [-0.4, -0.2) is 33.2 Å². The molecule has 9 heteroatoms. The van der Waals surface area contributed by atoms with Crippen LogP contribution in [0.1, 0.15) is 23.7 Å². The second-order valence-corrected chi connectivity index (χ2v) is 8.11. The maximum absolute atomic E-state index is 12.3. The third-order valence-electron chi connectivity index (χ3n) is 3.40. The zero-order chi connectivity index (χ0) is 20.0. The molecule has 0 atom stereocenters. The first-order valence-electron chi connectivity index (χ1n) is 8.07. The Balaban J connectivity index is 2.15. The van der Waals surface area contributed by atoms with Crippen molar-refractivity contribution in [1.29, 1.82) is 0 Å². The molecule has 0 saturated heterocycles. The van der Waals surface area contributed by atoms with Crippen LogP contribution in [0.3, 0.4) is 0 Å². The van der Waals surface area contributed by atoms with Crippen molar-refractivity contribution in [3.8, 4) is 5.75 Å². The zero-order valence-electron chi connectivity index (χ0n) is 14.8. The Morgan fingerprint density at radius 3 is 2.56 bits per heavy atom. The number of urea groups is 1. The molecule has 7 nitrogen and oxygen atoms in total. The van der Waals surface area contributed by atoms with Crippen LogP contribution in [0.5, 0.6) is 5.75 Å². The predicted octanol–water partition coefficient (Wildman–Crippen LogP) is 3.49. The second-order valence-electron chi connectivity index (χ2n) is 5.72. The van der Waals surface area contributed by atoms with E-state index in [-0.39, 0.29) is 27.3 Å². The highest BCUT2D eigenvalue weighted by Crippen LogP contribution is 2.24. The van der Waals surface area contributed by atoms with Crippen molar-refractivity contribution < 1.29 is 22.7 Å². The number of ether oxygens (including phenoxy) is 1. The van der Waals surface area contributed by atoms with Crippen LogP contribution in [0.4, 0.5) is 10.5 Å². The van der Waals surface area contributed by atoms with Gasteiger partial charge in [-0.2, -0.15) is 0 Å². The average Bonchev–Trinajstić information content (AvgIpc) is 2.59. The largest absolute Gasteiger partial charge is 0.423 e. The highest BCUT2D eigenvalue weighted by molar-refractivity contribution is 7.90. The lowest BCUT2D eigenvalue weighted by molar-refractivity contribution is 0.0734. The molecule has 0 saturated carbocycles. The average molecular weight is 411 g/mol. The van der Waals surface area contributed by atoms with Crippen molar-refractivity contribution in [2.45, 2.75) is 18.2 Å². The molecule has 2 rings (SSSR count). The summed E-state index contributed by atoms with van der Waals surface area (Å²) in [7, 11) is -3.58. The molecular formula is C18H19ClN2O5S. The first kappa shape index (κ1) is 20.7. The summed E-state index contributed by atoms with van der Waals surface area (Å²) >= 11 is 5.87. The van der Waals surface area contributed by atoms with Crippen LogP contribution in [0.25, 0.3) is 0 Å². The van der Waals surface area contributed by atoms with E-state index < -0.39 is 15.8 Å². The molecule has 2 aromatic rings. The minimum Gasteiger partial charge on any atom is -0.423 e. The van der Waals surface area contributed by atoms with Gasteiger partial charge in [0.05, 0.1) is 15.5 Å². The summed E-state index contributed by atoms with van der Waals surface area (Å²) in [5.41, 5.74) is 0.487. The monoisotopic (exact) mass is 410 g/mol. The Morgan fingerprint density at radius 1 is 1.15 bits per heavy atom. The van der Waals surface area contributed by atoms with E-state index in [2.05, 4.69) is 10.6 Å². The molecule has 0 aliphatic heterocycles. The van der Waals surface area contributed by atoms with Crippen LogP contribution >= 0.6 is 11.6 Å². The van der Waals surface area contributed by atoms with E-state index >= 15 is 0 Å². The standard InChI is InChI=1S/C18H19ClN2O5S/c1-3-9-20-18(23)21-13-5-4-6-14(11-13)26-17(22)12-7-8-15(19)16(10-12)27(2,24)25/h4-8,10-11H,3,9H2,1-2H3,(H2,20,21,23). The summed E-state index contributed by atoms with van der Waals surface area (Å²) in [5, 5.41) is 5.32. The van der Waals surface area contributed by atoms with Gasteiger partial charge in [0.1, 0.15) is 5.75 Å². The Kier molecular flexibility index (Phi) is 6.81. The van der Waals surface area contributed by atoms with E-state index in [0.29, 0.717) is 12.2 Å². The van der Waals surface area contributed by atoms with Crippen molar-refractivity contribution in [2.24, 2.45) is 0 Å². The van der Waals surface area contributed by atoms with Gasteiger partial charge in [-0.15, -0.1) is 0 Å². The summed E-state index contributed by atoms with van der Waals surface area (Å²) in [5.74, 6) is -0.548. The fourth-order valence-corrected chi connectivity index (χ4v) is 3.43. The van der Waals surface area contributed by atoms with E-state index in [1.54, 1.807) is 18.2 Å². The summed E-state index contributed by atoms with van der Waals surface area (Å²) in [6.07, 6.45) is 1.81. The lowest BCUT2D eigenvalue weighted by Gasteiger charge is -2.10. The number of nitrogens with one attached hydrogen (secondary N) is 2. The Labute approximate surface area is 162 Å². The fourth-order valence-electron chi connectivity index (χ4n) is 2.13. The SMILES string of the molecule is CCCNC(=O)Nc1cccc(OC(=O)c2ccc(Cl)c(S(C)(=O)=O)c2)c1. The van der Waals surface area contributed by atoms with Crippen molar-refractivity contribution >= 4 is 39.1 Å². The molecule has 2 amide bonds. The topological polar surface area (TPSA) is 102 Å². The number of anilines is 1. The van der Waals surface area contributed by atoms with E-state index in [9.17, 15) is 18.0 Å². The number of halogens is 1. The Bertz CT molecular complexity index is 960. The number of rotatable bonds is 6. The van der Waals surface area contributed by atoms with Crippen LogP contribution in [0.2, 0.25) is 5.02 Å². The number of benzene rings is 2. The van der Waals surface area contributed by atoms with E-state index in [1.807, 2.05) is 6.92 Å². The first-order chi connectivity index (χ1) is 12.7. The number of hydrogen-bond acceptors (Lipinski definition) is 5. The summed E-state index contributed by atoms with van der Waals surface area (Å²) in [6.45, 7) is 2.48. The molecule has 144 valence electrons. The van der Waals surface area contributed by atoms with Crippen molar-refractivity contribution in [3.63, 3.8) is 0 Å². The van der Waals surface area contributed by atoms with Crippen LogP contribution < -0.4 is 15.4 Å². The minimum absolute atomic E-state index is 0.0262. The van der Waals surface area contributed by atoms with E-state index in [4.69, 9.17) is 16.3 Å². The molecule has 2 aromatic carbocycles. The molecule has 0 heterocycles. The third-order valence-corrected chi connectivity index (χ3v) is 4.98. The van der Waals surface area contributed by atoms with Gasteiger partial charge < -0.3 is 15.4 Å². The molecule has 0 aliphatic rings. The van der Waals surface area contributed by atoms with Gasteiger partial charge in [0.25, 0.3) is 0 Å². The van der Waals surface area contributed by atoms with Gasteiger partial charge in [0.2, 0.25) is 0 Å². The van der Waals surface area contributed by atoms with E-state index in [0.717, 1.165) is 12.7 Å². The van der Waals surface area contributed by atoms with Gasteiger partial charge in [0, 0.05) is 24.6 Å². The number of carbonyl (C=O) groups excluding carboxylic acids is 2. The lowest BCUT2D eigenvalue weighted by atomic mass is 10.2. The first-order valence-corrected chi connectivity index (χ1v) is 10.3. The highest BCUT2D eigenvalue weighted by atomic mass is 35.5. The number of sulfone groups is 1. The van der Waals surface area contributed by atoms with Crippen LogP contribution in [0.15, 0.2) is 47.4 Å². The Hall–Kier alpha value is -2.58. The number of amides is 2. The van der Waals surface area contributed by atoms with Gasteiger partial charge >= 0.3 is 12.0 Å². The molecular weight excluding hydrogens is 392 g/mol. The molecule has 2 N–H and O–H groups in total. The second kappa shape index (κ2) is 8.88. The van der Waals surface area contributed by atoms with Crippen LogP contribution in [-0.2, 0) is 9.84 Å². The van der Waals surface area contributed by atoms with Gasteiger partial charge in [0.15, 0.2) is 9.84 Å². The number of carbonyl (C=O) groups is 2. The quantitative estimate of drug-likeness (QED) is 0.560. The zero-order valence-corrected chi connectivity index (χ0v) is 16.4. The van der Waals surface area contributed by atoms with Gasteiger partial charge in [-0.3, -0.25) is 0 Å². The summed E-state index contributed by atoms with van der Waals surface area (Å²) < 4.78 is 28.7. The third kappa shape index (κ3) is 5.97. The maximum Gasteiger partial charge on any atom is 0.343 e. The van der Waals surface area contributed by atoms with Crippen LogP contribution in [0, 0.1) is 0 Å². The molecule has 0 bridgehead atoms. The fraction of sp³-hybridized carbons (Fsp3) is 0.222. The van der Waals surface area contributed by atoms with Crippen molar-refractivity contribution in [1.82, 2.24) is 5.32 Å². The van der Waals surface area contributed by atoms with Crippen molar-refractivity contribution in [2.75, 3.05) is 18.1 Å². The molecule has 0 aromatic heterocycles. The lowest BCUT2D eigenvalue weighted by Crippen LogP contribution is -2.29. The summed E-state index contributed by atoms with van der Waals surface area (Å²) in [6, 6.07) is 9.78. The van der Waals surface area contributed by atoms with Gasteiger partial charge in [-0.1, -0.05) is 24.6 Å². The smallest absolute Gasteiger partial charge is 0.343 e. The summed E-state index contributed by atoms with van der Waals surface area (Å²) in [4.78, 5) is 23.9. The Morgan fingerprint density at radius 2 is 1.89 bits per heavy atom. The molecule has 0 unspecified atom stereocenters.